The first-order valence-corrected chi connectivity index (χ1v) is 11.4. The van der Waals surface area contributed by atoms with Crippen LogP contribution in [0.4, 0.5) is 5.69 Å². The standard InChI is InChI=1S/C25H28N2O6/c1-15-7-8-16(2)17(14-15)26-10-4-9-25-20(19-18(33-25)6-3-13-32-24(19)31)22(29)27(11-5-12-28)21(25)23(26)30/h3-4,6-9,14,18-21,28H,5,10-13H2,1-2H3/t18-,19+,20+,21?,25+/m1/s1. The van der Waals surface area contributed by atoms with Crippen molar-refractivity contribution < 1.29 is 29.0 Å². The molecule has 0 saturated carbocycles. The van der Waals surface area contributed by atoms with Gasteiger partial charge in [0.25, 0.3) is 5.91 Å². The van der Waals surface area contributed by atoms with Crippen LogP contribution in [-0.4, -0.2) is 71.8 Å². The molecule has 5 atom stereocenters. The van der Waals surface area contributed by atoms with Gasteiger partial charge in [0, 0.05) is 25.4 Å². The summed E-state index contributed by atoms with van der Waals surface area (Å²) in [6.07, 6.45) is 6.82. The molecule has 0 bridgehead atoms. The van der Waals surface area contributed by atoms with Gasteiger partial charge in [-0.15, -0.1) is 0 Å². The number of ether oxygens (including phenoxy) is 2. The summed E-state index contributed by atoms with van der Waals surface area (Å²) < 4.78 is 11.8. The lowest BCUT2D eigenvalue weighted by atomic mass is 9.78. The Bertz CT molecular complexity index is 1060. The fourth-order valence-electron chi connectivity index (χ4n) is 5.68. The summed E-state index contributed by atoms with van der Waals surface area (Å²) in [5.74, 6) is -2.73. The van der Waals surface area contributed by atoms with Gasteiger partial charge in [-0.2, -0.15) is 0 Å². The van der Waals surface area contributed by atoms with Crippen LogP contribution in [0.5, 0.6) is 0 Å². The maximum atomic E-state index is 14.1. The number of nitrogens with zero attached hydrogens (tertiary/aromatic N) is 2. The SMILES string of the molecule is Cc1ccc(C)c(N2CC=C[C@]34O[C@@H]5C=CCOC(=O)[C@@H]5[C@H]3C(=O)N(CCCO)C4C2=O)c1. The largest absolute Gasteiger partial charge is 0.461 e. The Balaban J connectivity index is 1.63. The van der Waals surface area contributed by atoms with Crippen molar-refractivity contribution in [2.24, 2.45) is 11.8 Å². The number of aliphatic hydroxyl groups is 1. The van der Waals surface area contributed by atoms with E-state index in [1.54, 1.807) is 23.1 Å². The number of anilines is 1. The normalized spacial score (nSPS) is 32.9. The number of aliphatic hydroxyl groups excluding tert-OH is 1. The van der Waals surface area contributed by atoms with Crippen molar-refractivity contribution >= 4 is 23.5 Å². The molecule has 0 aromatic heterocycles. The Hall–Kier alpha value is -2.97. The van der Waals surface area contributed by atoms with Crippen molar-refractivity contribution in [2.45, 2.75) is 38.0 Å². The molecule has 33 heavy (non-hydrogen) atoms. The van der Waals surface area contributed by atoms with Crippen LogP contribution < -0.4 is 4.90 Å². The molecule has 0 aliphatic carbocycles. The van der Waals surface area contributed by atoms with Crippen molar-refractivity contribution in [1.82, 2.24) is 4.90 Å². The van der Waals surface area contributed by atoms with E-state index in [1.807, 2.05) is 38.1 Å². The van der Waals surface area contributed by atoms with E-state index in [0.717, 1.165) is 16.8 Å². The van der Waals surface area contributed by atoms with Gasteiger partial charge in [0.2, 0.25) is 5.91 Å². The van der Waals surface area contributed by atoms with Gasteiger partial charge in [-0.1, -0.05) is 30.4 Å². The van der Waals surface area contributed by atoms with Crippen LogP contribution in [0, 0.1) is 25.7 Å². The van der Waals surface area contributed by atoms with Crippen LogP contribution in [0.15, 0.2) is 42.5 Å². The molecule has 5 rings (SSSR count). The molecule has 1 aromatic carbocycles. The Kier molecular flexibility index (Phi) is 5.37. The van der Waals surface area contributed by atoms with Crippen molar-refractivity contribution in [2.75, 3.05) is 31.2 Å². The first-order valence-electron chi connectivity index (χ1n) is 11.4. The van der Waals surface area contributed by atoms with Crippen LogP contribution in [0.3, 0.4) is 0 Å². The zero-order valence-corrected chi connectivity index (χ0v) is 18.8. The topological polar surface area (TPSA) is 96.4 Å². The highest BCUT2D eigenvalue weighted by Crippen LogP contribution is 2.53. The quantitative estimate of drug-likeness (QED) is 0.546. The van der Waals surface area contributed by atoms with Gasteiger partial charge in [0.15, 0.2) is 0 Å². The minimum atomic E-state index is -1.27. The third kappa shape index (κ3) is 3.23. The number of cyclic esters (lactones) is 1. The summed E-state index contributed by atoms with van der Waals surface area (Å²) in [6, 6.07) is 4.99. The number of esters is 1. The number of aryl methyl sites for hydroxylation is 2. The third-order valence-corrected chi connectivity index (χ3v) is 7.13. The second kappa shape index (κ2) is 8.11. The minimum absolute atomic E-state index is 0.114. The summed E-state index contributed by atoms with van der Waals surface area (Å²) in [5, 5.41) is 9.43. The van der Waals surface area contributed by atoms with E-state index in [9.17, 15) is 19.5 Å². The molecule has 1 N–H and O–H groups in total. The molecule has 8 nitrogen and oxygen atoms in total. The smallest absolute Gasteiger partial charge is 0.313 e. The number of rotatable bonds is 4. The molecule has 1 spiro atoms. The first kappa shape index (κ1) is 21.9. The molecule has 2 fully saturated rings. The number of carbonyl (C=O) groups is 3. The lowest BCUT2D eigenvalue weighted by Crippen LogP contribution is -2.55. The highest BCUT2D eigenvalue weighted by molar-refractivity contribution is 6.05. The van der Waals surface area contributed by atoms with E-state index >= 15 is 0 Å². The highest BCUT2D eigenvalue weighted by atomic mass is 16.6. The maximum Gasteiger partial charge on any atom is 0.313 e. The molecule has 174 valence electrons. The van der Waals surface area contributed by atoms with Gasteiger partial charge in [-0.05, 0) is 43.5 Å². The zero-order valence-electron chi connectivity index (χ0n) is 18.8. The monoisotopic (exact) mass is 452 g/mol. The molecular weight excluding hydrogens is 424 g/mol. The summed E-state index contributed by atoms with van der Waals surface area (Å²) >= 11 is 0. The highest BCUT2D eigenvalue weighted by Gasteiger charge is 2.71. The average Bonchev–Trinajstić information content (AvgIpc) is 3.08. The van der Waals surface area contributed by atoms with Crippen LogP contribution >= 0.6 is 0 Å². The molecular formula is C25H28N2O6. The van der Waals surface area contributed by atoms with Crippen LogP contribution in [0.1, 0.15) is 17.5 Å². The van der Waals surface area contributed by atoms with Gasteiger partial charge in [-0.3, -0.25) is 14.4 Å². The van der Waals surface area contributed by atoms with Gasteiger partial charge in [0.05, 0.1) is 12.0 Å². The fourth-order valence-corrected chi connectivity index (χ4v) is 5.68. The average molecular weight is 453 g/mol. The second-order valence-electron chi connectivity index (χ2n) is 9.15. The summed E-state index contributed by atoms with van der Waals surface area (Å²) in [4.78, 5) is 43.9. The molecule has 1 unspecified atom stereocenters. The zero-order chi connectivity index (χ0) is 23.3. The minimum Gasteiger partial charge on any atom is -0.461 e. The van der Waals surface area contributed by atoms with E-state index in [-0.39, 0.29) is 31.6 Å². The number of likely N-dealkylation sites (tertiary alicyclic amines) is 1. The Morgan fingerprint density at radius 2 is 1.97 bits per heavy atom. The maximum absolute atomic E-state index is 14.1. The van der Waals surface area contributed by atoms with Crippen molar-refractivity contribution in [1.29, 1.82) is 0 Å². The molecule has 2 saturated heterocycles. The van der Waals surface area contributed by atoms with E-state index in [2.05, 4.69) is 0 Å². The van der Waals surface area contributed by atoms with Crippen LogP contribution in [0.2, 0.25) is 0 Å². The van der Waals surface area contributed by atoms with Crippen LogP contribution in [0.25, 0.3) is 0 Å². The van der Waals surface area contributed by atoms with E-state index in [4.69, 9.17) is 9.47 Å². The summed E-state index contributed by atoms with van der Waals surface area (Å²) in [7, 11) is 0. The summed E-state index contributed by atoms with van der Waals surface area (Å²) in [5.41, 5.74) is 1.49. The van der Waals surface area contributed by atoms with Crippen molar-refractivity contribution in [3.63, 3.8) is 0 Å². The van der Waals surface area contributed by atoms with Gasteiger partial charge < -0.3 is 24.4 Å². The number of hydrogen-bond acceptors (Lipinski definition) is 6. The van der Waals surface area contributed by atoms with E-state index in [0.29, 0.717) is 13.0 Å². The first-order chi connectivity index (χ1) is 15.9. The number of benzene rings is 1. The van der Waals surface area contributed by atoms with E-state index in [1.165, 1.54) is 4.90 Å². The molecule has 0 radical (unpaired) electrons. The molecule has 4 heterocycles. The lowest BCUT2D eigenvalue weighted by molar-refractivity contribution is -0.152. The fraction of sp³-hybridized carbons (Fsp3) is 0.480. The Morgan fingerprint density at radius 3 is 2.76 bits per heavy atom. The van der Waals surface area contributed by atoms with Gasteiger partial charge in [0.1, 0.15) is 24.2 Å². The number of amides is 2. The van der Waals surface area contributed by atoms with Gasteiger partial charge in [-0.25, -0.2) is 0 Å². The molecule has 4 aliphatic rings. The van der Waals surface area contributed by atoms with Crippen molar-refractivity contribution in [3.8, 4) is 0 Å². The lowest BCUT2D eigenvalue weighted by Gasteiger charge is -2.35. The third-order valence-electron chi connectivity index (χ3n) is 7.13. The number of carbonyl (C=O) groups excluding carboxylic acids is 3. The van der Waals surface area contributed by atoms with E-state index < -0.39 is 35.6 Å². The molecule has 1 aromatic rings. The molecule has 2 amide bonds. The van der Waals surface area contributed by atoms with Gasteiger partial charge >= 0.3 is 5.97 Å². The second-order valence-corrected chi connectivity index (χ2v) is 9.15. The Labute approximate surface area is 192 Å². The van der Waals surface area contributed by atoms with Crippen molar-refractivity contribution in [3.05, 3.63) is 53.6 Å². The number of hydrogen-bond donors (Lipinski definition) is 1. The predicted octanol–water partition coefficient (Wildman–Crippen LogP) is 1.28. The summed E-state index contributed by atoms with van der Waals surface area (Å²) in [6.45, 7) is 4.46. The van der Waals surface area contributed by atoms with Crippen LogP contribution in [-0.2, 0) is 23.9 Å². The predicted molar refractivity (Wildman–Crippen MR) is 119 cm³/mol. The molecule has 8 heteroatoms. The number of fused-ring (bicyclic) bond motifs is 2. The Morgan fingerprint density at radius 1 is 1.15 bits per heavy atom. The molecule has 4 aliphatic heterocycles.